The lowest BCUT2D eigenvalue weighted by molar-refractivity contribution is -0.120. The molecule has 2 aromatic rings. The minimum atomic E-state index is -0.294. The topological polar surface area (TPSA) is 43.8 Å². The number of hydrogen-bond donors (Lipinski definition) is 1. The Bertz CT molecular complexity index is 783. The summed E-state index contributed by atoms with van der Waals surface area (Å²) < 4.78 is 13.4. The van der Waals surface area contributed by atoms with Crippen LogP contribution in [0.5, 0.6) is 5.75 Å². The summed E-state index contributed by atoms with van der Waals surface area (Å²) in [4.78, 5) is 17.1. The average molecular weight is 384 g/mol. The fourth-order valence-corrected chi connectivity index (χ4v) is 3.83. The van der Waals surface area contributed by atoms with Crippen LogP contribution in [0.2, 0.25) is 0 Å². The minimum Gasteiger partial charge on any atom is -0.508 e. The first-order valence-corrected chi connectivity index (χ1v) is 10.0. The molecule has 1 aliphatic heterocycles. The van der Waals surface area contributed by atoms with E-state index < -0.39 is 0 Å². The van der Waals surface area contributed by atoms with Gasteiger partial charge in [0.15, 0.2) is 0 Å². The van der Waals surface area contributed by atoms with Gasteiger partial charge >= 0.3 is 0 Å². The smallest absolute Gasteiger partial charge is 0.227 e. The molecule has 28 heavy (non-hydrogen) atoms. The van der Waals surface area contributed by atoms with Crippen molar-refractivity contribution in [3.63, 3.8) is 0 Å². The van der Waals surface area contributed by atoms with Crippen molar-refractivity contribution in [3.05, 3.63) is 59.9 Å². The van der Waals surface area contributed by atoms with Crippen molar-refractivity contribution in [1.29, 1.82) is 0 Å². The van der Waals surface area contributed by atoms with Gasteiger partial charge in [-0.2, -0.15) is 0 Å². The van der Waals surface area contributed by atoms with Crippen molar-refractivity contribution in [2.24, 2.45) is 5.92 Å². The van der Waals surface area contributed by atoms with Crippen LogP contribution in [0.15, 0.2) is 48.5 Å². The maximum absolute atomic E-state index is 13.4. The molecule has 0 aliphatic carbocycles. The van der Waals surface area contributed by atoms with Crippen molar-refractivity contribution < 1.29 is 14.3 Å². The zero-order valence-electron chi connectivity index (χ0n) is 16.6. The van der Waals surface area contributed by atoms with E-state index in [4.69, 9.17) is 0 Å². The quantitative estimate of drug-likeness (QED) is 0.793. The second kappa shape index (κ2) is 9.20. The number of piperidine rings is 1. The van der Waals surface area contributed by atoms with E-state index in [1.807, 2.05) is 36.9 Å². The largest absolute Gasteiger partial charge is 0.508 e. The maximum atomic E-state index is 13.4. The first-order chi connectivity index (χ1) is 13.4. The number of carbonyl (C=O) groups excluding carboxylic acids is 1. The number of aromatic hydroxyl groups is 1. The Morgan fingerprint density at radius 1 is 1.14 bits per heavy atom. The van der Waals surface area contributed by atoms with Crippen molar-refractivity contribution in [1.82, 2.24) is 4.90 Å². The Labute approximate surface area is 166 Å². The van der Waals surface area contributed by atoms with E-state index in [-0.39, 0.29) is 23.7 Å². The van der Waals surface area contributed by atoms with Crippen LogP contribution in [-0.4, -0.2) is 35.0 Å². The van der Waals surface area contributed by atoms with Gasteiger partial charge < -0.3 is 10.0 Å². The molecule has 1 aliphatic rings. The van der Waals surface area contributed by atoms with Crippen LogP contribution >= 0.6 is 0 Å². The van der Waals surface area contributed by atoms with Gasteiger partial charge in [0.25, 0.3) is 0 Å². The molecule has 1 saturated heterocycles. The van der Waals surface area contributed by atoms with Gasteiger partial charge in [0, 0.05) is 43.3 Å². The highest BCUT2D eigenvalue weighted by Gasteiger charge is 2.29. The van der Waals surface area contributed by atoms with Crippen molar-refractivity contribution in [2.45, 2.75) is 45.7 Å². The molecule has 0 bridgehead atoms. The zero-order valence-corrected chi connectivity index (χ0v) is 16.6. The van der Waals surface area contributed by atoms with Crippen LogP contribution in [0, 0.1) is 11.7 Å². The molecule has 1 fully saturated rings. The lowest BCUT2D eigenvalue weighted by Crippen LogP contribution is -2.47. The number of para-hydroxylation sites is 1. The van der Waals surface area contributed by atoms with E-state index >= 15 is 0 Å². The summed E-state index contributed by atoms with van der Waals surface area (Å²) in [6.07, 6.45) is 2.19. The third-order valence-electron chi connectivity index (χ3n) is 5.26. The Morgan fingerprint density at radius 2 is 1.79 bits per heavy atom. The van der Waals surface area contributed by atoms with Gasteiger partial charge in [-0.3, -0.25) is 9.69 Å². The summed E-state index contributed by atoms with van der Waals surface area (Å²) >= 11 is 0. The highest BCUT2D eigenvalue weighted by Crippen LogP contribution is 2.27. The van der Waals surface area contributed by atoms with Crippen molar-refractivity contribution >= 4 is 11.6 Å². The highest BCUT2D eigenvalue weighted by atomic mass is 19.1. The van der Waals surface area contributed by atoms with E-state index in [1.54, 1.807) is 18.2 Å². The van der Waals surface area contributed by atoms with Crippen molar-refractivity contribution in [2.75, 3.05) is 18.0 Å². The molecule has 2 aromatic carbocycles. The summed E-state index contributed by atoms with van der Waals surface area (Å²) in [5.74, 6) is 0.402. The Balaban J connectivity index is 1.69. The first kappa shape index (κ1) is 20.3. The van der Waals surface area contributed by atoms with E-state index in [9.17, 15) is 14.3 Å². The predicted molar refractivity (Wildman–Crippen MR) is 110 cm³/mol. The Kier molecular flexibility index (Phi) is 6.68. The molecule has 1 N–H and O–H groups in total. The molecular formula is C23H29FN2O2. The second-order valence-electron chi connectivity index (χ2n) is 7.97. The lowest BCUT2D eigenvalue weighted by Gasteiger charge is -2.39. The molecule has 150 valence electrons. The van der Waals surface area contributed by atoms with Gasteiger partial charge in [0.2, 0.25) is 5.91 Å². The third kappa shape index (κ3) is 5.10. The van der Waals surface area contributed by atoms with Gasteiger partial charge in [-0.25, -0.2) is 4.39 Å². The van der Waals surface area contributed by atoms with E-state index in [0.29, 0.717) is 18.7 Å². The van der Waals surface area contributed by atoms with E-state index in [2.05, 4.69) is 4.90 Å². The molecule has 3 rings (SSSR count). The molecular weight excluding hydrogens is 355 g/mol. The number of nitrogens with zero attached hydrogens (tertiary/aromatic N) is 2. The molecule has 0 atom stereocenters. The predicted octanol–water partition coefficient (Wildman–Crippen LogP) is 4.58. The highest BCUT2D eigenvalue weighted by molar-refractivity contribution is 5.94. The monoisotopic (exact) mass is 384 g/mol. The number of amides is 1. The summed E-state index contributed by atoms with van der Waals surface area (Å²) in [5, 5.41) is 10.00. The van der Waals surface area contributed by atoms with Crippen LogP contribution < -0.4 is 4.90 Å². The number of rotatable bonds is 6. The molecule has 0 aromatic heterocycles. The summed E-state index contributed by atoms with van der Waals surface area (Å²) in [6, 6.07) is 13.7. The number of anilines is 1. The number of likely N-dealkylation sites (tertiary alicyclic amines) is 1. The Hall–Kier alpha value is -2.40. The summed E-state index contributed by atoms with van der Waals surface area (Å²) in [5.41, 5.74) is 1.69. The van der Waals surface area contributed by atoms with Gasteiger partial charge in [0.05, 0.1) is 0 Å². The number of benzene rings is 2. The van der Waals surface area contributed by atoms with Crippen LogP contribution in [0.3, 0.4) is 0 Å². The number of phenols is 1. The van der Waals surface area contributed by atoms with Crippen molar-refractivity contribution in [3.8, 4) is 5.75 Å². The van der Waals surface area contributed by atoms with Gasteiger partial charge in [-0.1, -0.05) is 32.0 Å². The first-order valence-electron chi connectivity index (χ1n) is 10.0. The molecule has 4 nitrogen and oxygen atoms in total. The number of hydrogen-bond acceptors (Lipinski definition) is 3. The molecule has 0 radical (unpaired) electrons. The zero-order chi connectivity index (χ0) is 20.1. The van der Waals surface area contributed by atoms with Crippen LogP contribution in [0.4, 0.5) is 10.1 Å². The minimum absolute atomic E-state index is 0.0979. The summed E-state index contributed by atoms with van der Waals surface area (Å²) in [7, 11) is 0. The number of carbonyl (C=O) groups is 1. The Morgan fingerprint density at radius 3 is 2.39 bits per heavy atom. The lowest BCUT2D eigenvalue weighted by atomic mass is 9.99. The molecule has 1 heterocycles. The standard InChI is InChI=1S/C23H29FN2O2/c1-17(2)15-23(28)26(20-9-7-19(24)8-10-20)21-11-13-25(14-12-21)16-18-5-3-4-6-22(18)27/h3-10,17,21,27H,11-16H2,1-2H3. The van der Waals surface area contributed by atoms with Gasteiger partial charge in [0.1, 0.15) is 11.6 Å². The fourth-order valence-electron chi connectivity index (χ4n) is 3.83. The summed E-state index contributed by atoms with van der Waals surface area (Å²) in [6.45, 7) is 6.48. The van der Waals surface area contributed by atoms with Crippen LogP contribution in [0.1, 0.15) is 38.7 Å². The molecule has 0 saturated carbocycles. The number of halogens is 1. The van der Waals surface area contributed by atoms with Crippen LogP contribution in [0.25, 0.3) is 0 Å². The van der Waals surface area contributed by atoms with E-state index in [1.165, 1.54) is 12.1 Å². The molecule has 0 unspecified atom stereocenters. The fraction of sp³-hybridized carbons (Fsp3) is 0.435. The van der Waals surface area contributed by atoms with Gasteiger partial charge in [-0.15, -0.1) is 0 Å². The van der Waals surface area contributed by atoms with Crippen LogP contribution in [-0.2, 0) is 11.3 Å². The van der Waals surface area contributed by atoms with E-state index in [0.717, 1.165) is 37.2 Å². The maximum Gasteiger partial charge on any atom is 0.227 e. The SMILES string of the molecule is CC(C)CC(=O)N(c1ccc(F)cc1)C1CCN(Cc2ccccc2O)CC1. The third-order valence-corrected chi connectivity index (χ3v) is 5.26. The number of phenolic OH excluding ortho intramolecular Hbond substituents is 1. The molecule has 0 spiro atoms. The molecule has 1 amide bonds. The molecule has 5 heteroatoms. The second-order valence-corrected chi connectivity index (χ2v) is 7.97. The normalized spacial score (nSPS) is 15.7. The van der Waals surface area contributed by atoms with Gasteiger partial charge in [-0.05, 0) is 49.1 Å². The average Bonchev–Trinajstić information content (AvgIpc) is 2.66.